The summed E-state index contributed by atoms with van der Waals surface area (Å²) in [5, 5.41) is 12.3. The first kappa shape index (κ1) is 11.8. The van der Waals surface area contributed by atoms with Gasteiger partial charge in [-0.05, 0) is 36.1 Å². The highest BCUT2D eigenvalue weighted by atomic mass is 15.1. The van der Waals surface area contributed by atoms with E-state index in [2.05, 4.69) is 16.1 Å². The van der Waals surface area contributed by atoms with Crippen molar-refractivity contribution in [1.82, 2.24) is 0 Å². The van der Waals surface area contributed by atoms with Gasteiger partial charge in [-0.3, -0.25) is 0 Å². The van der Waals surface area contributed by atoms with Crippen LogP contribution in [0.2, 0.25) is 0 Å². The van der Waals surface area contributed by atoms with Crippen molar-refractivity contribution in [3.8, 4) is 6.07 Å². The number of hydrogen-bond donors (Lipinski definition) is 0. The molecule has 1 aromatic carbocycles. The highest BCUT2D eigenvalue weighted by Crippen LogP contribution is 2.11. The number of nitrogens with zero attached hydrogens (tertiary/aromatic N) is 4. The maximum absolute atomic E-state index is 8.86. The van der Waals surface area contributed by atoms with E-state index < -0.39 is 0 Å². The first-order valence-electron chi connectivity index (χ1n) is 4.96. The molecule has 0 unspecified atom stereocenters. The zero-order valence-corrected chi connectivity index (χ0v) is 9.09. The minimum atomic E-state index is 0.462. The van der Waals surface area contributed by atoms with E-state index in [1.54, 1.807) is 0 Å². The maximum Gasteiger partial charge on any atom is 0.0994 e. The third-order valence-corrected chi connectivity index (χ3v) is 2.15. The topological polar surface area (TPSA) is 72.6 Å². The molecular weight excluding hydrogens is 200 g/mol. The molecule has 0 fully saturated rings. The first-order chi connectivity index (χ1) is 7.77. The van der Waals surface area contributed by atoms with Gasteiger partial charge in [-0.2, -0.15) is 5.26 Å². The smallest absolute Gasteiger partial charge is 0.0994 e. The third-order valence-electron chi connectivity index (χ3n) is 2.15. The molecule has 4 nitrogen and oxygen atoms in total. The SMILES string of the molecule is Cc1ccc(C=CCCN=[N+]=[N-])cc1C#N. The van der Waals surface area contributed by atoms with E-state index in [-0.39, 0.29) is 0 Å². The molecule has 0 N–H and O–H groups in total. The fourth-order valence-electron chi connectivity index (χ4n) is 1.26. The van der Waals surface area contributed by atoms with Gasteiger partial charge in [0.15, 0.2) is 0 Å². The second-order valence-electron chi connectivity index (χ2n) is 3.33. The summed E-state index contributed by atoms with van der Waals surface area (Å²) >= 11 is 0. The van der Waals surface area contributed by atoms with Crippen LogP contribution in [-0.4, -0.2) is 6.54 Å². The molecule has 0 aromatic heterocycles. The number of rotatable bonds is 4. The fourth-order valence-corrected chi connectivity index (χ4v) is 1.26. The van der Waals surface area contributed by atoms with Gasteiger partial charge in [0.1, 0.15) is 0 Å². The Morgan fingerprint density at radius 3 is 3.06 bits per heavy atom. The number of azide groups is 1. The molecule has 0 saturated heterocycles. The Kier molecular flexibility index (Phi) is 4.65. The molecule has 0 atom stereocenters. The summed E-state index contributed by atoms with van der Waals surface area (Å²) in [6, 6.07) is 7.87. The van der Waals surface area contributed by atoms with Gasteiger partial charge in [0.2, 0.25) is 0 Å². The van der Waals surface area contributed by atoms with E-state index in [0.29, 0.717) is 18.5 Å². The van der Waals surface area contributed by atoms with Crippen LogP contribution < -0.4 is 0 Å². The molecule has 0 radical (unpaired) electrons. The van der Waals surface area contributed by atoms with Gasteiger partial charge < -0.3 is 0 Å². The molecule has 0 heterocycles. The van der Waals surface area contributed by atoms with E-state index in [9.17, 15) is 0 Å². The standard InChI is InChI=1S/C12H12N4/c1-10-5-6-11(8-12(10)9-13)4-2-3-7-15-16-14/h2,4-6,8H,3,7H2,1H3. The van der Waals surface area contributed by atoms with Gasteiger partial charge in [0.25, 0.3) is 0 Å². The molecule has 4 heteroatoms. The monoisotopic (exact) mass is 212 g/mol. The van der Waals surface area contributed by atoms with E-state index >= 15 is 0 Å². The van der Waals surface area contributed by atoms with Crippen molar-refractivity contribution in [3.63, 3.8) is 0 Å². The van der Waals surface area contributed by atoms with Crippen LogP contribution in [0, 0.1) is 18.3 Å². The van der Waals surface area contributed by atoms with Gasteiger partial charge in [0.05, 0.1) is 11.6 Å². The lowest BCUT2D eigenvalue weighted by Gasteiger charge is -1.98. The molecule has 0 aliphatic heterocycles. The van der Waals surface area contributed by atoms with Crippen LogP contribution in [0.1, 0.15) is 23.1 Å². The Labute approximate surface area is 94.5 Å². The minimum Gasteiger partial charge on any atom is -0.192 e. The predicted octanol–water partition coefficient (Wildman–Crippen LogP) is 3.58. The summed E-state index contributed by atoms with van der Waals surface area (Å²) in [5.41, 5.74) is 10.7. The molecule has 0 aliphatic carbocycles. The minimum absolute atomic E-state index is 0.462. The summed E-state index contributed by atoms with van der Waals surface area (Å²) in [5.74, 6) is 0. The quantitative estimate of drug-likeness (QED) is 0.325. The molecule has 1 rings (SSSR count). The van der Waals surface area contributed by atoms with Gasteiger partial charge in [0, 0.05) is 11.5 Å². The third kappa shape index (κ3) is 3.49. The predicted molar refractivity (Wildman–Crippen MR) is 63.6 cm³/mol. The average Bonchev–Trinajstić information content (AvgIpc) is 2.31. The molecule has 0 saturated carbocycles. The Morgan fingerprint density at radius 1 is 1.56 bits per heavy atom. The van der Waals surface area contributed by atoms with Gasteiger partial charge >= 0.3 is 0 Å². The summed E-state index contributed by atoms with van der Waals surface area (Å²) in [6.07, 6.45) is 4.56. The van der Waals surface area contributed by atoms with Gasteiger partial charge in [-0.25, -0.2) is 0 Å². The van der Waals surface area contributed by atoms with Crippen molar-refractivity contribution in [1.29, 1.82) is 5.26 Å². The second-order valence-corrected chi connectivity index (χ2v) is 3.33. The number of nitriles is 1. The number of aryl methyl sites for hydroxylation is 1. The molecule has 80 valence electrons. The van der Waals surface area contributed by atoms with E-state index in [0.717, 1.165) is 11.1 Å². The summed E-state index contributed by atoms with van der Waals surface area (Å²) < 4.78 is 0. The zero-order valence-electron chi connectivity index (χ0n) is 9.09. The Hall–Kier alpha value is -2.24. The molecular formula is C12H12N4. The fraction of sp³-hybridized carbons (Fsp3) is 0.250. The van der Waals surface area contributed by atoms with E-state index in [4.69, 9.17) is 10.8 Å². The largest absolute Gasteiger partial charge is 0.192 e. The molecule has 0 spiro atoms. The van der Waals surface area contributed by atoms with Crippen LogP contribution in [0.25, 0.3) is 16.5 Å². The van der Waals surface area contributed by atoms with Crippen LogP contribution in [0.4, 0.5) is 0 Å². The number of benzene rings is 1. The van der Waals surface area contributed by atoms with Crippen molar-refractivity contribution < 1.29 is 0 Å². The van der Waals surface area contributed by atoms with Crippen LogP contribution in [0.15, 0.2) is 29.4 Å². The summed E-state index contributed by atoms with van der Waals surface area (Å²) in [7, 11) is 0. The molecule has 0 bridgehead atoms. The van der Waals surface area contributed by atoms with E-state index in [1.165, 1.54) is 0 Å². The lowest BCUT2D eigenvalue weighted by molar-refractivity contribution is 0.995. The van der Waals surface area contributed by atoms with Crippen molar-refractivity contribution in [3.05, 3.63) is 51.4 Å². The van der Waals surface area contributed by atoms with Crippen molar-refractivity contribution in [2.45, 2.75) is 13.3 Å². The molecule has 0 amide bonds. The van der Waals surface area contributed by atoms with Crippen molar-refractivity contribution >= 4 is 6.08 Å². The lowest BCUT2D eigenvalue weighted by Crippen LogP contribution is -1.83. The normalized spacial score (nSPS) is 9.75. The van der Waals surface area contributed by atoms with Crippen LogP contribution in [0.3, 0.4) is 0 Å². The summed E-state index contributed by atoms with van der Waals surface area (Å²) in [6.45, 7) is 2.37. The highest BCUT2D eigenvalue weighted by molar-refractivity contribution is 5.54. The van der Waals surface area contributed by atoms with Crippen molar-refractivity contribution in [2.75, 3.05) is 6.54 Å². The molecule has 16 heavy (non-hydrogen) atoms. The zero-order chi connectivity index (χ0) is 11.8. The van der Waals surface area contributed by atoms with Crippen LogP contribution in [0.5, 0.6) is 0 Å². The number of hydrogen-bond acceptors (Lipinski definition) is 2. The lowest BCUT2D eigenvalue weighted by atomic mass is 10.1. The highest BCUT2D eigenvalue weighted by Gasteiger charge is 1.96. The van der Waals surface area contributed by atoms with Gasteiger partial charge in [-0.1, -0.05) is 29.4 Å². The van der Waals surface area contributed by atoms with E-state index in [1.807, 2.05) is 37.3 Å². The van der Waals surface area contributed by atoms with Crippen molar-refractivity contribution in [2.24, 2.45) is 5.11 Å². The average molecular weight is 212 g/mol. The Bertz CT molecular complexity index is 476. The van der Waals surface area contributed by atoms with Crippen LogP contribution >= 0.6 is 0 Å². The second kappa shape index (κ2) is 6.28. The first-order valence-corrected chi connectivity index (χ1v) is 4.96. The molecule has 0 aliphatic rings. The Morgan fingerprint density at radius 2 is 2.38 bits per heavy atom. The van der Waals surface area contributed by atoms with Gasteiger partial charge in [-0.15, -0.1) is 0 Å². The maximum atomic E-state index is 8.86. The molecule has 1 aromatic rings. The summed E-state index contributed by atoms with van der Waals surface area (Å²) in [4.78, 5) is 2.67. The Balaban J connectivity index is 2.68. The van der Waals surface area contributed by atoms with Crippen LogP contribution in [-0.2, 0) is 0 Å².